The summed E-state index contributed by atoms with van der Waals surface area (Å²) in [6.07, 6.45) is 7.90. The second-order valence-corrected chi connectivity index (χ2v) is 5.30. The van der Waals surface area contributed by atoms with Crippen molar-refractivity contribution in [1.29, 1.82) is 0 Å². The molecule has 92 valence electrons. The van der Waals surface area contributed by atoms with Crippen molar-refractivity contribution >= 4 is 5.97 Å². The first-order valence-electron chi connectivity index (χ1n) is 6.13. The van der Waals surface area contributed by atoms with Crippen LogP contribution in [0.3, 0.4) is 0 Å². The van der Waals surface area contributed by atoms with E-state index in [0.717, 1.165) is 12.1 Å². The lowest BCUT2D eigenvalue weighted by Gasteiger charge is -2.33. The number of carbonyl (C=O) groups is 1. The first kappa shape index (κ1) is 13.2. The van der Waals surface area contributed by atoms with Crippen molar-refractivity contribution in [3.63, 3.8) is 0 Å². The molecule has 1 fully saturated rings. The lowest BCUT2D eigenvalue weighted by molar-refractivity contribution is -0.131. The van der Waals surface area contributed by atoms with Gasteiger partial charge < -0.3 is 10.4 Å². The van der Waals surface area contributed by atoms with Gasteiger partial charge in [-0.2, -0.15) is 0 Å². The van der Waals surface area contributed by atoms with Crippen LogP contribution in [-0.4, -0.2) is 24.2 Å². The Hall–Kier alpha value is -0.830. The van der Waals surface area contributed by atoms with Crippen LogP contribution in [0.2, 0.25) is 0 Å². The van der Waals surface area contributed by atoms with E-state index in [1.807, 2.05) is 6.92 Å². The topological polar surface area (TPSA) is 49.3 Å². The van der Waals surface area contributed by atoms with E-state index >= 15 is 0 Å². The lowest BCUT2D eigenvalue weighted by atomic mass is 9.76. The predicted octanol–water partition coefficient (Wildman–Crippen LogP) is 2.58. The van der Waals surface area contributed by atoms with Gasteiger partial charge in [-0.15, -0.1) is 0 Å². The van der Waals surface area contributed by atoms with Crippen LogP contribution in [0.4, 0.5) is 0 Å². The zero-order valence-corrected chi connectivity index (χ0v) is 10.4. The molecular weight excluding hydrogens is 202 g/mol. The van der Waals surface area contributed by atoms with Crippen molar-refractivity contribution < 1.29 is 9.90 Å². The summed E-state index contributed by atoms with van der Waals surface area (Å²) in [5.74, 6) is -0.858. The number of nitrogens with one attached hydrogen (secondary N) is 1. The van der Waals surface area contributed by atoms with E-state index in [1.165, 1.54) is 38.2 Å². The molecule has 0 aromatic heterocycles. The van der Waals surface area contributed by atoms with Gasteiger partial charge in [-0.05, 0) is 25.2 Å². The smallest absolute Gasteiger partial charge is 0.328 e. The van der Waals surface area contributed by atoms with Gasteiger partial charge in [-0.3, -0.25) is 0 Å². The predicted molar refractivity (Wildman–Crippen MR) is 65.5 cm³/mol. The summed E-state index contributed by atoms with van der Waals surface area (Å²) in [6, 6.07) is 0. The molecule has 0 aromatic carbocycles. The molecule has 0 bridgehead atoms. The van der Waals surface area contributed by atoms with Gasteiger partial charge in [0.25, 0.3) is 0 Å². The summed E-state index contributed by atoms with van der Waals surface area (Å²) in [4.78, 5) is 10.4. The third kappa shape index (κ3) is 4.79. The summed E-state index contributed by atoms with van der Waals surface area (Å²) in [5.41, 5.74) is 1.30. The van der Waals surface area contributed by atoms with Crippen molar-refractivity contribution in [1.82, 2.24) is 5.32 Å². The molecule has 0 aromatic rings. The molecule has 16 heavy (non-hydrogen) atoms. The molecule has 0 aliphatic heterocycles. The van der Waals surface area contributed by atoms with Crippen LogP contribution in [0.1, 0.15) is 46.0 Å². The molecule has 0 amide bonds. The maximum Gasteiger partial charge on any atom is 0.328 e. The maximum atomic E-state index is 10.4. The molecule has 3 heteroatoms. The van der Waals surface area contributed by atoms with Gasteiger partial charge >= 0.3 is 5.97 Å². The Morgan fingerprint density at radius 3 is 2.56 bits per heavy atom. The van der Waals surface area contributed by atoms with Gasteiger partial charge in [-0.25, -0.2) is 4.79 Å². The van der Waals surface area contributed by atoms with Crippen molar-refractivity contribution in [3.05, 3.63) is 11.6 Å². The van der Waals surface area contributed by atoms with E-state index in [0.29, 0.717) is 12.0 Å². The van der Waals surface area contributed by atoms with E-state index in [-0.39, 0.29) is 0 Å². The van der Waals surface area contributed by atoms with Crippen LogP contribution in [0.15, 0.2) is 11.6 Å². The Bertz CT molecular complexity index is 265. The fourth-order valence-corrected chi connectivity index (χ4v) is 2.41. The minimum atomic E-state index is -0.858. The molecule has 1 aliphatic carbocycles. The zero-order chi connectivity index (χ0) is 12.0. The highest BCUT2D eigenvalue weighted by molar-refractivity contribution is 5.80. The molecule has 1 saturated carbocycles. The summed E-state index contributed by atoms with van der Waals surface area (Å²) in [7, 11) is 0. The molecule has 3 nitrogen and oxygen atoms in total. The number of hydrogen-bond donors (Lipinski definition) is 2. The Kier molecular flexibility index (Phi) is 5.00. The number of carboxylic acid groups (broad SMARTS) is 1. The second-order valence-electron chi connectivity index (χ2n) is 5.30. The van der Waals surface area contributed by atoms with Gasteiger partial charge in [0.15, 0.2) is 0 Å². The largest absolute Gasteiger partial charge is 0.478 e. The van der Waals surface area contributed by atoms with E-state index in [1.54, 1.807) is 0 Å². The first-order chi connectivity index (χ1) is 7.52. The molecule has 1 rings (SSSR count). The monoisotopic (exact) mass is 225 g/mol. The van der Waals surface area contributed by atoms with Crippen LogP contribution in [0, 0.1) is 5.41 Å². The summed E-state index contributed by atoms with van der Waals surface area (Å²) < 4.78 is 0. The molecule has 0 spiro atoms. The van der Waals surface area contributed by atoms with E-state index in [4.69, 9.17) is 5.11 Å². The molecule has 0 unspecified atom stereocenters. The Labute approximate surface area is 97.9 Å². The molecule has 1 aliphatic rings. The van der Waals surface area contributed by atoms with Crippen LogP contribution in [0.5, 0.6) is 0 Å². The van der Waals surface area contributed by atoms with E-state index < -0.39 is 5.97 Å². The highest BCUT2D eigenvalue weighted by Crippen LogP contribution is 2.34. The SMILES string of the molecule is CC(=CC(=O)O)CNCC1(C)CCCCC1. The molecule has 0 atom stereocenters. The average molecular weight is 225 g/mol. The Morgan fingerprint density at radius 1 is 1.38 bits per heavy atom. The van der Waals surface area contributed by atoms with Gasteiger partial charge in [0.1, 0.15) is 0 Å². The molecular formula is C13H23NO2. The number of rotatable bonds is 5. The Balaban J connectivity index is 2.26. The van der Waals surface area contributed by atoms with Crippen molar-refractivity contribution in [2.24, 2.45) is 5.41 Å². The molecule has 0 radical (unpaired) electrons. The molecule has 0 saturated heterocycles. The summed E-state index contributed by atoms with van der Waals surface area (Å²) >= 11 is 0. The standard InChI is InChI=1S/C13H23NO2/c1-11(8-12(15)16)9-14-10-13(2)6-4-3-5-7-13/h8,14H,3-7,9-10H2,1-2H3,(H,15,16). The Morgan fingerprint density at radius 2 is 2.00 bits per heavy atom. The zero-order valence-electron chi connectivity index (χ0n) is 10.4. The quantitative estimate of drug-likeness (QED) is 0.707. The minimum absolute atomic E-state index is 0.418. The van der Waals surface area contributed by atoms with Gasteiger partial charge in [0, 0.05) is 19.2 Å². The highest BCUT2D eigenvalue weighted by Gasteiger charge is 2.25. The van der Waals surface area contributed by atoms with Crippen molar-refractivity contribution in [2.75, 3.05) is 13.1 Å². The van der Waals surface area contributed by atoms with Crippen LogP contribution in [0.25, 0.3) is 0 Å². The van der Waals surface area contributed by atoms with Gasteiger partial charge in [0.2, 0.25) is 0 Å². The summed E-state index contributed by atoms with van der Waals surface area (Å²) in [6.45, 7) is 5.86. The fraction of sp³-hybridized carbons (Fsp3) is 0.769. The van der Waals surface area contributed by atoms with Crippen LogP contribution >= 0.6 is 0 Å². The molecule has 2 N–H and O–H groups in total. The third-order valence-electron chi connectivity index (χ3n) is 3.39. The highest BCUT2D eigenvalue weighted by atomic mass is 16.4. The average Bonchev–Trinajstić information content (AvgIpc) is 2.17. The van der Waals surface area contributed by atoms with Gasteiger partial charge in [0.05, 0.1) is 0 Å². The third-order valence-corrected chi connectivity index (χ3v) is 3.39. The summed E-state index contributed by atoms with van der Waals surface area (Å²) in [5, 5.41) is 11.9. The van der Waals surface area contributed by atoms with E-state index in [2.05, 4.69) is 12.2 Å². The second kappa shape index (κ2) is 6.04. The minimum Gasteiger partial charge on any atom is -0.478 e. The van der Waals surface area contributed by atoms with Crippen molar-refractivity contribution in [2.45, 2.75) is 46.0 Å². The normalized spacial score (nSPS) is 20.8. The number of aliphatic carboxylic acids is 1. The van der Waals surface area contributed by atoms with Gasteiger partial charge in [-0.1, -0.05) is 31.8 Å². The van der Waals surface area contributed by atoms with Crippen molar-refractivity contribution in [3.8, 4) is 0 Å². The van der Waals surface area contributed by atoms with Crippen LogP contribution < -0.4 is 5.32 Å². The number of carboxylic acids is 1. The van der Waals surface area contributed by atoms with E-state index in [9.17, 15) is 4.79 Å². The van der Waals surface area contributed by atoms with Crippen LogP contribution in [-0.2, 0) is 4.79 Å². The fourth-order valence-electron chi connectivity index (χ4n) is 2.41. The maximum absolute atomic E-state index is 10.4. The lowest BCUT2D eigenvalue weighted by Crippen LogP contribution is -2.34. The molecule has 0 heterocycles. The first-order valence-corrected chi connectivity index (χ1v) is 6.13. The number of hydrogen-bond acceptors (Lipinski definition) is 2.